The summed E-state index contributed by atoms with van der Waals surface area (Å²) in [6.07, 6.45) is 5.54. The molecule has 0 atom stereocenters. The van der Waals surface area contributed by atoms with Crippen molar-refractivity contribution in [3.63, 3.8) is 0 Å². The summed E-state index contributed by atoms with van der Waals surface area (Å²) < 4.78 is 13.4. The molecule has 1 aromatic heterocycles. The fourth-order valence-corrected chi connectivity index (χ4v) is 1.90. The number of hydrogen-bond donors (Lipinski definition) is 2. The van der Waals surface area contributed by atoms with Crippen LogP contribution in [0.5, 0.6) is 0 Å². The number of nitrogens with one attached hydrogen (secondary N) is 1. The summed E-state index contributed by atoms with van der Waals surface area (Å²) >= 11 is 0. The quantitative estimate of drug-likeness (QED) is 0.745. The van der Waals surface area contributed by atoms with Crippen LogP contribution in [0.3, 0.4) is 0 Å². The van der Waals surface area contributed by atoms with E-state index >= 15 is 0 Å². The summed E-state index contributed by atoms with van der Waals surface area (Å²) in [7, 11) is 2.01. The maximum atomic E-state index is 13.4. The van der Waals surface area contributed by atoms with E-state index in [4.69, 9.17) is 5.73 Å². The van der Waals surface area contributed by atoms with E-state index in [-0.39, 0.29) is 5.83 Å². The largest absolute Gasteiger partial charge is 0.329 e. The van der Waals surface area contributed by atoms with Crippen LogP contribution in [-0.4, -0.2) is 35.2 Å². The molecule has 106 valence electrons. The molecule has 0 spiro atoms. The smallest absolute Gasteiger partial charge is 0.119 e. The van der Waals surface area contributed by atoms with Crippen molar-refractivity contribution in [1.29, 1.82) is 0 Å². The van der Waals surface area contributed by atoms with Gasteiger partial charge in [0.2, 0.25) is 0 Å². The van der Waals surface area contributed by atoms with Crippen molar-refractivity contribution >= 4 is 5.57 Å². The Balaban J connectivity index is 2.94. The van der Waals surface area contributed by atoms with Crippen LogP contribution in [0.25, 0.3) is 5.57 Å². The van der Waals surface area contributed by atoms with Gasteiger partial charge in [0.25, 0.3) is 0 Å². The van der Waals surface area contributed by atoms with Crippen molar-refractivity contribution in [3.05, 3.63) is 35.4 Å². The summed E-state index contributed by atoms with van der Waals surface area (Å²) in [4.78, 5) is 2.12. The van der Waals surface area contributed by atoms with Gasteiger partial charge < -0.3 is 10.6 Å². The van der Waals surface area contributed by atoms with Gasteiger partial charge in [-0.2, -0.15) is 5.10 Å². The summed E-state index contributed by atoms with van der Waals surface area (Å²) in [5, 5.41) is 7.04. The molecule has 5 heteroatoms. The van der Waals surface area contributed by atoms with Crippen molar-refractivity contribution in [1.82, 2.24) is 15.1 Å². The molecule has 0 amide bonds. The number of halogens is 1. The molecule has 19 heavy (non-hydrogen) atoms. The molecule has 0 radical (unpaired) electrons. The fraction of sp³-hybridized carbons (Fsp3) is 0.500. The topological polar surface area (TPSA) is 57.9 Å². The molecular weight excluding hydrogens is 243 g/mol. The van der Waals surface area contributed by atoms with Crippen molar-refractivity contribution in [2.75, 3.05) is 20.1 Å². The fourth-order valence-electron chi connectivity index (χ4n) is 1.90. The van der Waals surface area contributed by atoms with E-state index in [0.29, 0.717) is 6.54 Å². The third kappa shape index (κ3) is 4.61. The van der Waals surface area contributed by atoms with Gasteiger partial charge in [0.1, 0.15) is 5.83 Å². The Morgan fingerprint density at radius 3 is 2.89 bits per heavy atom. The lowest BCUT2D eigenvalue weighted by Crippen LogP contribution is -2.25. The van der Waals surface area contributed by atoms with E-state index in [1.807, 2.05) is 14.0 Å². The predicted octanol–water partition coefficient (Wildman–Crippen LogP) is 2.47. The Bertz CT molecular complexity index is 448. The molecule has 3 N–H and O–H groups in total. The monoisotopic (exact) mass is 266 g/mol. The van der Waals surface area contributed by atoms with Gasteiger partial charge in [-0.25, -0.2) is 4.39 Å². The first-order valence-corrected chi connectivity index (χ1v) is 6.55. The highest BCUT2D eigenvalue weighted by Gasteiger charge is 2.11. The highest BCUT2D eigenvalue weighted by atomic mass is 19.1. The number of nitrogens with zero attached hydrogens (tertiary/aromatic N) is 2. The Kier molecular flexibility index (Phi) is 6.45. The number of allylic oxidation sites excluding steroid dienone is 4. The molecule has 0 fully saturated rings. The summed E-state index contributed by atoms with van der Waals surface area (Å²) in [5.41, 5.74) is 8.42. The van der Waals surface area contributed by atoms with Crippen molar-refractivity contribution < 1.29 is 4.39 Å². The molecule has 4 nitrogen and oxygen atoms in total. The van der Waals surface area contributed by atoms with Crippen LogP contribution in [0, 0.1) is 0 Å². The van der Waals surface area contributed by atoms with Crippen molar-refractivity contribution in [2.45, 2.75) is 26.8 Å². The highest BCUT2D eigenvalue weighted by molar-refractivity contribution is 5.66. The summed E-state index contributed by atoms with van der Waals surface area (Å²) in [6, 6.07) is 0. The predicted molar refractivity (Wildman–Crippen MR) is 77.1 cm³/mol. The van der Waals surface area contributed by atoms with Gasteiger partial charge in [-0.3, -0.25) is 5.10 Å². The highest BCUT2D eigenvalue weighted by Crippen LogP contribution is 2.22. The average Bonchev–Trinajstić information content (AvgIpc) is 2.83. The molecule has 0 saturated carbocycles. The van der Waals surface area contributed by atoms with Crippen molar-refractivity contribution in [3.8, 4) is 0 Å². The van der Waals surface area contributed by atoms with E-state index in [1.165, 1.54) is 6.08 Å². The van der Waals surface area contributed by atoms with Crippen LogP contribution in [0.1, 0.15) is 31.5 Å². The lowest BCUT2D eigenvalue weighted by molar-refractivity contribution is 0.336. The lowest BCUT2D eigenvalue weighted by atomic mass is 10.0. The number of rotatable bonds is 7. The first-order valence-electron chi connectivity index (χ1n) is 6.55. The zero-order valence-electron chi connectivity index (χ0n) is 11.9. The minimum absolute atomic E-state index is 0.229. The Labute approximate surface area is 114 Å². The molecule has 1 aromatic rings. The maximum Gasteiger partial charge on any atom is 0.119 e. The van der Waals surface area contributed by atoms with E-state index in [0.717, 1.165) is 36.3 Å². The third-order valence-corrected chi connectivity index (χ3v) is 2.96. The van der Waals surface area contributed by atoms with Crippen LogP contribution >= 0.6 is 0 Å². The van der Waals surface area contributed by atoms with Crippen LogP contribution in [0.15, 0.2) is 24.2 Å². The maximum absolute atomic E-state index is 13.4. The minimum atomic E-state index is -0.229. The normalized spacial score (nSPS) is 13.4. The SMILES string of the molecule is C/C=C(F)\C=C(/CC)c1[nH]ncc1CN(C)CCN. The second kappa shape index (κ2) is 7.86. The standard InChI is InChI=1S/C14H23FN4/c1-4-11(8-13(15)5-2)14-12(9-17-18-14)10-19(3)7-6-16/h5,8-9H,4,6-7,10,16H2,1-3H3,(H,17,18)/b11-8+,13-5+. The van der Waals surface area contributed by atoms with Gasteiger partial charge in [-0.1, -0.05) is 13.0 Å². The minimum Gasteiger partial charge on any atom is -0.329 e. The zero-order valence-corrected chi connectivity index (χ0v) is 11.9. The van der Waals surface area contributed by atoms with E-state index in [2.05, 4.69) is 15.1 Å². The number of aromatic nitrogens is 2. The number of H-pyrrole nitrogens is 1. The van der Waals surface area contributed by atoms with E-state index in [9.17, 15) is 4.39 Å². The van der Waals surface area contributed by atoms with E-state index < -0.39 is 0 Å². The molecule has 0 bridgehead atoms. The lowest BCUT2D eigenvalue weighted by Gasteiger charge is -2.15. The van der Waals surface area contributed by atoms with Gasteiger partial charge in [0, 0.05) is 25.2 Å². The van der Waals surface area contributed by atoms with Crippen LogP contribution < -0.4 is 5.73 Å². The molecular formula is C14H23FN4. The average molecular weight is 266 g/mol. The van der Waals surface area contributed by atoms with Gasteiger partial charge in [-0.05, 0) is 32.0 Å². The third-order valence-electron chi connectivity index (χ3n) is 2.96. The number of likely N-dealkylation sites (N-methyl/N-ethyl adjacent to an activating group) is 1. The first kappa shape index (κ1) is 15.6. The number of aromatic amines is 1. The number of hydrogen-bond acceptors (Lipinski definition) is 3. The molecule has 0 unspecified atom stereocenters. The molecule has 0 aliphatic carbocycles. The molecule has 0 aliphatic rings. The molecule has 0 aromatic carbocycles. The summed E-state index contributed by atoms with van der Waals surface area (Å²) in [6.45, 7) is 5.87. The Morgan fingerprint density at radius 1 is 1.58 bits per heavy atom. The molecule has 1 rings (SSSR count). The van der Waals surface area contributed by atoms with Crippen molar-refractivity contribution in [2.24, 2.45) is 5.73 Å². The van der Waals surface area contributed by atoms with Crippen LogP contribution in [0.4, 0.5) is 4.39 Å². The van der Waals surface area contributed by atoms with Gasteiger partial charge in [0.05, 0.1) is 11.9 Å². The second-order valence-corrected chi connectivity index (χ2v) is 4.49. The summed E-state index contributed by atoms with van der Waals surface area (Å²) in [5.74, 6) is -0.229. The Hall–Kier alpha value is -1.46. The van der Waals surface area contributed by atoms with Gasteiger partial charge in [-0.15, -0.1) is 0 Å². The Morgan fingerprint density at radius 2 is 2.32 bits per heavy atom. The molecule has 0 saturated heterocycles. The zero-order chi connectivity index (χ0) is 14.3. The van der Waals surface area contributed by atoms with E-state index in [1.54, 1.807) is 19.2 Å². The first-order chi connectivity index (χ1) is 9.12. The van der Waals surface area contributed by atoms with Gasteiger partial charge >= 0.3 is 0 Å². The number of nitrogens with two attached hydrogens (primary N) is 1. The van der Waals surface area contributed by atoms with Crippen LogP contribution in [0.2, 0.25) is 0 Å². The molecule has 0 aliphatic heterocycles. The second-order valence-electron chi connectivity index (χ2n) is 4.49. The van der Waals surface area contributed by atoms with Gasteiger partial charge in [0.15, 0.2) is 0 Å². The molecule has 1 heterocycles. The van der Waals surface area contributed by atoms with Crippen LogP contribution in [-0.2, 0) is 6.54 Å².